The van der Waals surface area contributed by atoms with E-state index in [1.165, 1.54) is 28.7 Å². The van der Waals surface area contributed by atoms with Gasteiger partial charge in [0.15, 0.2) is 11.5 Å². The largest absolute Gasteiger partial charge is 0.486 e. The van der Waals surface area contributed by atoms with E-state index < -0.39 is 0 Å². The molecule has 0 aliphatic carbocycles. The van der Waals surface area contributed by atoms with Crippen LogP contribution in [0, 0.1) is 11.8 Å². The third-order valence-electron chi connectivity index (χ3n) is 4.68. The van der Waals surface area contributed by atoms with Gasteiger partial charge in [-0.25, -0.2) is 0 Å². The minimum absolute atomic E-state index is 0.663. The summed E-state index contributed by atoms with van der Waals surface area (Å²) in [5.74, 6) is 3.19. The summed E-state index contributed by atoms with van der Waals surface area (Å²) >= 11 is 0. The van der Waals surface area contributed by atoms with Crippen LogP contribution < -0.4 is 9.47 Å². The first-order valence-electron chi connectivity index (χ1n) is 10.1. The molecule has 0 radical (unpaired) electrons. The molecule has 0 spiro atoms. The molecule has 146 valence electrons. The molecule has 2 aromatic carbocycles. The summed E-state index contributed by atoms with van der Waals surface area (Å²) in [6.45, 7) is 11.9. The molecule has 0 N–H and O–H groups in total. The molecule has 0 atom stereocenters. The highest BCUT2D eigenvalue weighted by molar-refractivity contribution is 5.43. The number of benzene rings is 2. The van der Waals surface area contributed by atoms with Crippen molar-refractivity contribution in [3.8, 4) is 11.5 Å². The van der Waals surface area contributed by atoms with E-state index >= 15 is 0 Å². The van der Waals surface area contributed by atoms with E-state index in [1.807, 2.05) is 6.07 Å². The predicted octanol–water partition coefficient (Wildman–Crippen LogP) is 5.57. The van der Waals surface area contributed by atoms with Gasteiger partial charge in [-0.15, -0.1) is 0 Å². The van der Waals surface area contributed by atoms with Crippen LogP contribution in [0.15, 0.2) is 36.4 Å². The van der Waals surface area contributed by atoms with Crippen molar-refractivity contribution >= 4 is 0 Å². The molecule has 3 heteroatoms. The third-order valence-corrected chi connectivity index (χ3v) is 4.68. The smallest absolute Gasteiger partial charge is 0.161 e. The van der Waals surface area contributed by atoms with Crippen molar-refractivity contribution in [3.63, 3.8) is 0 Å². The summed E-state index contributed by atoms with van der Waals surface area (Å²) in [6.07, 6.45) is 2.27. The van der Waals surface area contributed by atoms with Crippen LogP contribution in [-0.4, -0.2) is 13.2 Å². The molecule has 0 unspecified atom stereocenters. The zero-order valence-electron chi connectivity index (χ0n) is 17.1. The van der Waals surface area contributed by atoms with Gasteiger partial charge in [0.1, 0.15) is 13.2 Å². The summed E-state index contributed by atoms with van der Waals surface area (Å²) in [4.78, 5) is 0. The second-order valence-corrected chi connectivity index (χ2v) is 8.27. The van der Waals surface area contributed by atoms with E-state index in [9.17, 15) is 0 Å². The van der Waals surface area contributed by atoms with Gasteiger partial charge >= 0.3 is 0 Å². The van der Waals surface area contributed by atoms with Crippen LogP contribution in [0.4, 0.5) is 0 Å². The molecule has 27 heavy (non-hydrogen) atoms. The SMILES string of the molecule is CC(C)Cc1ccc2c(c1)COC2.CC(C)Cc1ccc2c(c1)OCCO2. The Morgan fingerprint density at radius 2 is 1.30 bits per heavy atom. The minimum Gasteiger partial charge on any atom is -0.486 e. The Kier molecular flexibility index (Phi) is 6.78. The van der Waals surface area contributed by atoms with Crippen molar-refractivity contribution in [2.24, 2.45) is 11.8 Å². The molecule has 0 fully saturated rings. The number of rotatable bonds is 4. The summed E-state index contributed by atoms with van der Waals surface area (Å²) in [7, 11) is 0. The molecule has 0 aromatic heterocycles. The highest BCUT2D eigenvalue weighted by atomic mass is 16.6. The van der Waals surface area contributed by atoms with Crippen molar-refractivity contribution in [2.45, 2.75) is 53.8 Å². The maximum absolute atomic E-state index is 5.52. The molecule has 2 aliphatic heterocycles. The Hall–Kier alpha value is -2.00. The van der Waals surface area contributed by atoms with Crippen molar-refractivity contribution < 1.29 is 14.2 Å². The van der Waals surface area contributed by atoms with E-state index in [2.05, 4.69) is 58.0 Å². The predicted molar refractivity (Wildman–Crippen MR) is 109 cm³/mol. The monoisotopic (exact) mass is 368 g/mol. The fourth-order valence-electron chi connectivity index (χ4n) is 3.51. The van der Waals surface area contributed by atoms with E-state index in [0.717, 1.165) is 37.1 Å². The molecular formula is C24H32O3. The fraction of sp³-hybridized carbons (Fsp3) is 0.500. The van der Waals surface area contributed by atoms with Crippen LogP contribution in [0.1, 0.15) is 49.9 Å². The zero-order valence-corrected chi connectivity index (χ0v) is 17.1. The van der Waals surface area contributed by atoms with Gasteiger partial charge in [-0.1, -0.05) is 52.0 Å². The normalized spacial score (nSPS) is 14.7. The van der Waals surface area contributed by atoms with Crippen LogP contribution in [0.25, 0.3) is 0 Å². The van der Waals surface area contributed by atoms with E-state index in [1.54, 1.807) is 0 Å². The first-order chi connectivity index (χ1) is 13.0. The van der Waals surface area contributed by atoms with Gasteiger partial charge < -0.3 is 14.2 Å². The Morgan fingerprint density at radius 3 is 2.00 bits per heavy atom. The van der Waals surface area contributed by atoms with Gasteiger partial charge in [-0.2, -0.15) is 0 Å². The quantitative estimate of drug-likeness (QED) is 0.706. The lowest BCUT2D eigenvalue weighted by molar-refractivity contribution is 0.134. The summed E-state index contributed by atoms with van der Waals surface area (Å²) in [5, 5.41) is 0. The number of ether oxygens (including phenoxy) is 3. The van der Waals surface area contributed by atoms with Crippen LogP contribution in [0.5, 0.6) is 11.5 Å². The van der Waals surface area contributed by atoms with Crippen LogP contribution in [-0.2, 0) is 30.8 Å². The van der Waals surface area contributed by atoms with Crippen molar-refractivity contribution in [1.82, 2.24) is 0 Å². The van der Waals surface area contributed by atoms with Gasteiger partial charge in [-0.05, 0) is 59.1 Å². The van der Waals surface area contributed by atoms with Crippen LogP contribution in [0.2, 0.25) is 0 Å². The molecule has 0 saturated heterocycles. The minimum atomic E-state index is 0.663. The zero-order chi connectivity index (χ0) is 19.2. The maximum atomic E-state index is 5.52. The lowest BCUT2D eigenvalue weighted by Gasteiger charge is -2.19. The number of hydrogen-bond donors (Lipinski definition) is 0. The Labute approximate surface area is 163 Å². The first kappa shape index (κ1) is 19.8. The third kappa shape index (κ3) is 5.74. The standard InChI is InChI=1S/C12H16O2.C12H16O/c1-9(2)7-10-3-4-11-12(8-10)14-6-5-13-11;1-9(2)5-10-3-4-11-7-13-8-12(11)6-10/h3-4,8-9H,5-7H2,1-2H3;3-4,6,9H,5,7-8H2,1-2H3. The Balaban J connectivity index is 0.000000156. The first-order valence-corrected chi connectivity index (χ1v) is 10.1. The highest BCUT2D eigenvalue weighted by Crippen LogP contribution is 2.31. The average molecular weight is 369 g/mol. The van der Waals surface area contributed by atoms with Gasteiger partial charge in [0.2, 0.25) is 0 Å². The van der Waals surface area contributed by atoms with E-state index in [0.29, 0.717) is 19.1 Å². The van der Waals surface area contributed by atoms with Gasteiger partial charge in [0.05, 0.1) is 13.2 Å². The summed E-state index contributed by atoms with van der Waals surface area (Å²) in [5.41, 5.74) is 5.52. The van der Waals surface area contributed by atoms with Crippen molar-refractivity contribution in [2.75, 3.05) is 13.2 Å². The summed E-state index contributed by atoms with van der Waals surface area (Å²) in [6, 6.07) is 12.9. The molecule has 2 aromatic rings. The fourth-order valence-corrected chi connectivity index (χ4v) is 3.51. The number of hydrogen-bond acceptors (Lipinski definition) is 3. The number of fused-ring (bicyclic) bond motifs is 2. The molecule has 4 rings (SSSR count). The van der Waals surface area contributed by atoms with E-state index in [-0.39, 0.29) is 0 Å². The Bertz CT molecular complexity index is 749. The summed E-state index contributed by atoms with van der Waals surface area (Å²) < 4.78 is 16.4. The second kappa shape index (κ2) is 9.27. The molecule has 0 amide bonds. The maximum Gasteiger partial charge on any atom is 0.161 e. The lowest BCUT2D eigenvalue weighted by Crippen LogP contribution is -2.15. The molecule has 0 bridgehead atoms. The van der Waals surface area contributed by atoms with Gasteiger partial charge in [0, 0.05) is 0 Å². The molecular weight excluding hydrogens is 336 g/mol. The topological polar surface area (TPSA) is 27.7 Å². The van der Waals surface area contributed by atoms with Crippen LogP contribution in [0.3, 0.4) is 0 Å². The molecule has 0 saturated carbocycles. The van der Waals surface area contributed by atoms with Gasteiger partial charge in [0.25, 0.3) is 0 Å². The Morgan fingerprint density at radius 1 is 0.704 bits per heavy atom. The average Bonchev–Trinajstić information content (AvgIpc) is 3.09. The molecule has 2 aliphatic rings. The lowest BCUT2D eigenvalue weighted by atomic mass is 9.99. The van der Waals surface area contributed by atoms with Crippen molar-refractivity contribution in [3.05, 3.63) is 58.7 Å². The second-order valence-electron chi connectivity index (χ2n) is 8.27. The van der Waals surface area contributed by atoms with Crippen LogP contribution >= 0.6 is 0 Å². The van der Waals surface area contributed by atoms with Crippen molar-refractivity contribution in [1.29, 1.82) is 0 Å². The highest BCUT2D eigenvalue weighted by Gasteiger charge is 2.12. The molecule has 2 heterocycles. The van der Waals surface area contributed by atoms with Gasteiger partial charge in [-0.3, -0.25) is 0 Å². The van der Waals surface area contributed by atoms with E-state index in [4.69, 9.17) is 14.2 Å². The molecule has 3 nitrogen and oxygen atoms in total.